The lowest BCUT2D eigenvalue weighted by Gasteiger charge is -2.48. The van der Waals surface area contributed by atoms with Crippen molar-refractivity contribution in [2.75, 3.05) is 39.0 Å². The van der Waals surface area contributed by atoms with Crippen LogP contribution in [0.3, 0.4) is 0 Å². The number of aryl methyl sites for hydroxylation is 1. The van der Waals surface area contributed by atoms with Crippen LogP contribution in [0.2, 0.25) is 0 Å². The normalized spacial score (nSPS) is 20.9. The highest BCUT2D eigenvalue weighted by atomic mass is 32.2. The van der Waals surface area contributed by atoms with Gasteiger partial charge in [-0.15, -0.1) is 0 Å². The highest BCUT2D eigenvalue weighted by Gasteiger charge is 2.49. The number of anilines is 1. The molecule has 32 heavy (non-hydrogen) atoms. The van der Waals surface area contributed by atoms with Gasteiger partial charge >= 0.3 is 16.2 Å². The first-order valence-corrected chi connectivity index (χ1v) is 13.3. The molecule has 1 aromatic carbocycles. The second kappa shape index (κ2) is 11.5. The lowest BCUT2D eigenvalue weighted by molar-refractivity contribution is -0.900. The molecule has 0 aliphatic carbocycles. The fourth-order valence-electron chi connectivity index (χ4n) is 4.91. The van der Waals surface area contributed by atoms with E-state index in [1.54, 1.807) is 12.1 Å². The predicted octanol–water partition coefficient (Wildman–Crippen LogP) is 4.26. The predicted molar refractivity (Wildman–Crippen MR) is 130 cm³/mol. The van der Waals surface area contributed by atoms with Crippen molar-refractivity contribution in [3.63, 3.8) is 0 Å². The number of piperidine rings is 1. The van der Waals surface area contributed by atoms with Crippen LogP contribution in [0.5, 0.6) is 0 Å². The molecule has 0 spiro atoms. The number of likely N-dealkylation sites (N-methyl/N-ethyl adjacent to an activating group) is 2. The first kappa shape index (κ1) is 26.6. The lowest BCUT2D eigenvalue weighted by Crippen LogP contribution is -2.65. The van der Waals surface area contributed by atoms with Crippen LogP contribution < -0.4 is 4.72 Å². The molecular weight excluding hydrogens is 426 g/mol. The van der Waals surface area contributed by atoms with E-state index >= 15 is 0 Å². The average Bonchev–Trinajstić information content (AvgIpc) is 2.69. The summed E-state index contributed by atoms with van der Waals surface area (Å²) in [7, 11) is 1.64. The summed E-state index contributed by atoms with van der Waals surface area (Å²) < 4.78 is 30.9. The number of benzene rings is 1. The Hall–Kier alpha value is -1.64. The smallest absolute Gasteiger partial charge is 0.305 e. The fourth-order valence-corrected chi connectivity index (χ4v) is 6.20. The molecule has 1 unspecified atom stereocenters. The Labute approximate surface area is 194 Å². The van der Waals surface area contributed by atoms with E-state index in [0.717, 1.165) is 25.8 Å². The maximum Gasteiger partial charge on any atom is 0.305 e. The van der Waals surface area contributed by atoms with Crippen molar-refractivity contribution in [1.82, 2.24) is 4.31 Å². The van der Waals surface area contributed by atoms with Crippen molar-refractivity contribution < 1.29 is 22.8 Å². The zero-order chi connectivity index (χ0) is 23.8. The van der Waals surface area contributed by atoms with Crippen LogP contribution in [0.4, 0.5) is 5.69 Å². The second-order valence-electron chi connectivity index (χ2n) is 10.0. The molecule has 2 rings (SSSR count). The summed E-state index contributed by atoms with van der Waals surface area (Å²) in [5, 5.41) is 9.52. The van der Waals surface area contributed by atoms with Gasteiger partial charge in [0, 0.05) is 12.7 Å². The van der Waals surface area contributed by atoms with Gasteiger partial charge in [-0.1, -0.05) is 51.2 Å². The molecule has 1 aromatic rings. The van der Waals surface area contributed by atoms with Crippen molar-refractivity contribution in [3.05, 3.63) is 29.8 Å². The Morgan fingerprint density at radius 1 is 1.12 bits per heavy atom. The van der Waals surface area contributed by atoms with Gasteiger partial charge in [-0.25, -0.2) is 0 Å². The van der Waals surface area contributed by atoms with Crippen LogP contribution in [0.25, 0.3) is 0 Å². The molecule has 2 N–H and O–H groups in total. The summed E-state index contributed by atoms with van der Waals surface area (Å²) in [6, 6.07) is 7.53. The number of unbranched alkanes of at least 4 members (excludes halogenated alkanes) is 5. The SMILES string of the molecule is CCCCCCCCc1ccc(NS(=O)(=O)N(C)C2(CC(=O)O)CCC[N+](C)(C)C2)cc1. The van der Waals surface area contributed by atoms with E-state index in [4.69, 9.17) is 0 Å². The molecule has 7 nitrogen and oxygen atoms in total. The number of nitrogens with one attached hydrogen (secondary N) is 1. The minimum atomic E-state index is -3.90. The Kier molecular flexibility index (Phi) is 9.54. The molecule has 0 amide bonds. The van der Waals surface area contributed by atoms with Crippen LogP contribution in [0.15, 0.2) is 24.3 Å². The zero-order valence-electron chi connectivity index (χ0n) is 20.3. The summed E-state index contributed by atoms with van der Waals surface area (Å²) in [6.45, 7) is 3.59. The third-order valence-electron chi connectivity index (χ3n) is 6.66. The van der Waals surface area contributed by atoms with Crippen LogP contribution in [-0.4, -0.2) is 68.1 Å². The van der Waals surface area contributed by atoms with Crippen LogP contribution >= 0.6 is 0 Å². The minimum absolute atomic E-state index is 0.205. The largest absolute Gasteiger partial charge is 0.481 e. The monoisotopic (exact) mass is 468 g/mol. The van der Waals surface area contributed by atoms with Gasteiger partial charge in [0.05, 0.1) is 39.1 Å². The number of hydrogen-bond acceptors (Lipinski definition) is 3. The van der Waals surface area contributed by atoms with Crippen LogP contribution in [0, 0.1) is 0 Å². The van der Waals surface area contributed by atoms with E-state index in [0.29, 0.717) is 23.1 Å². The molecule has 0 aromatic heterocycles. The summed E-state index contributed by atoms with van der Waals surface area (Å²) in [5.41, 5.74) is 0.751. The molecule has 1 aliphatic rings. The van der Waals surface area contributed by atoms with Gasteiger partial charge in [0.15, 0.2) is 0 Å². The third-order valence-corrected chi connectivity index (χ3v) is 8.26. The van der Waals surface area contributed by atoms with E-state index in [1.165, 1.54) is 49.0 Å². The van der Waals surface area contributed by atoms with Crippen LogP contribution in [0.1, 0.15) is 70.3 Å². The van der Waals surface area contributed by atoms with E-state index < -0.39 is 21.7 Å². The number of hydrogen-bond donors (Lipinski definition) is 2. The van der Waals surface area contributed by atoms with Gasteiger partial charge in [-0.05, 0) is 43.4 Å². The highest BCUT2D eigenvalue weighted by molar-refractivity contribution is 7.90. The zero-order valence-corrected chi connectivity index (χ0v) is 21.1. The maximum atomic E-state index is 13.2. The highest BCUT2D eigenvalue weighted by Crippen LogP contribution is 2.34. The van der Waals surface area contributed by atoms with Gasteiger partial charge < -0.3 is 9.59 Å². The molecule has 1 atom stereocenters. The van der Waals surface area contributed by atoms with E-state index in [1.807, 2.05) is 26.2 Å². The van der Waals surface area contributed by atoms with Crippen molar-refractivity contribution in [1.29, 1.82) is 0 Å². The van der Waals surface area contributed by atoms with E-state index in [2.05, 4.69) is 11.6 Å². The number of likely N-dealkylation sites (tertiary alicyclic amines) is 1. The number of carbonyl (C=O) groups is 1. The van der Waals surface area contributed by atoms with Crippen molar-refractivity contribution in [2.45, 2.75) is 76.7 Å². The topological polar surface area (TPSA) is 86.7 Å². The third kappa shape index (κ3) is 7.74. The Balaban J connectivity index is 2.03. The molecule has 0 saturated carbocycles. The maximum absolute atomic E-state index is 13.2. The molecule has 1 saturated heterocycles. The molecule has 0 radical (unpaired) electrons. The molecular formula is C24H42N3O4S+. The molecule has 1 aliphatic heterocycles. The Morgan fingerprint density at radius 2 is 1.75 bits per heavy atom. The van der Waals surface area contributed by atoms with Gasteiger partial charge in [-0.3, -0.25) is 9.52 Å². The number of quaternary nitrogens is 1. The van der Waals surface area contributed by atoms with Crippen molar-refractivity contribution in [2.24, 2.45) is 0 Å². The molecule has 1 fully saturated rings. The van der Waals surface area contributed by atoms with Crippen molar-refractivity contribution in [3.8, 4) is 0 Å². The number of carboxylic acids is 1. The Morgan fingerprint density at radius 3 is 2.34 bits per heavy atom. The Bertz CT molecular complexity index is 839. The number of nitrogens with zero attached hydrogens (tertiary/aromatic N) is 2. The summed E-state index contributed by atoms with van der Waals surface area (Å²) in [4.78, 5) is 11.6. The second-order valence-corrected chi connectivity index (χ2v) is 11.7. The fraction of sp³-hybridized carbons (Fsp3) is 0.708. The van der Waals surface area contributed by atoms with Gasteiger partial charge in [0.1, 0.15) is 0 Å². The van der Waals surface area contributed by atoms with Crippen LogP contribution in [-0.2, 0) is 21.4 Å². The van der Waals surface area contributed by atoms with Crippen molar-refractivity contribution >= 4 is 21.9 Å². The van der Waals surface area contributed by atoms with Gasteiger partial charge in [-0.2, -0.15) is 12.7 Å². The summed E-state index contributed by atoms with van der Waals surface area (Å²) >= 11 is 0. The lowest BCUT2D eigenvalue weighted by atomic mass is 9.85. The van der Waals surface area contributed by atoms with E-state index in [9.17, 15) is 18.3 Å². The molecule has 182 valence electrons. The first-order chi connectivity index (χ1) is 15.0. The quantitative estimate of drug-likeness (QED) is 0.334. The minimum Gasteiger partial charge on any atom is -0.481 e. The first-order valence-electron chi connectivity index (χ1n) is 11.9. The number of aliphatic carboxylic acids is 1. The summed E-state index contributed by atoms with van der Waals surface area (Å²) in [6.07, 6.45) is 9.59. The molecule has 1 heterocycles. The standard InChI is InChI=1S/C24H41N3O4S/c1-5-6-7-8-9-10-12-21-13-15-22(16-14-21)25-32(30,31)26(2)24(19-23(28)29)17-11-18-27(3,4)20-24/h13-16,25H,5-12,17-20H2,1-4H3/p+1. The average molecular weight is 469 g/mol. The van der Waals surface area contributed by atoms with Gasteiger partial charge in [0.25, 0.3) is 0 Å². The number of rotatable bonds is 13. The summed E-state index contributed by atoms with van der Waals surface area (Å²) in [5.74, 6) is -0.979. The molecule has 0 bridgehead atoms. The number of carboxylic acid groups (broad SMARTS) is 1. The van der Waals surface area contributed by atoms with Gasteiger partial charge in [0.2, 0.25) is 0 Å². The molecule has 8 heteroatoms. The van der Waals surface area contributed by atoms with E-state index in [-0.39, 0.29) is 6.42 Å².